The average Bonchev–Trinajstić information content (AvgIpc) is 3.01. The fourth-order valence-corrected chi connectivity index (χ4v) is 3.58. The standard InChI is InChI=1S/C22H14FIN2O2/c23-18-5-1-3-15(11-25)21(18)28-19-6-2-4-16-13-26(22(27)20(16)19)12-14-7-9-17(24)10-8-14/h1-10H,12-13H2. The van der Waals surface area contributed by atoms with E-state index in [4.69, 9.17) is 4.74 Å². The summed E-state index contributed by atoms with van der Waals surface area (Å²) in [6.45, 7) is 0.937. The Morgan fingerprint density at radius 1 is 1.11 bits per heavy atom. The largest absolute Gasteiger partial charge is 0.452 e. The van der Waals surface area contributed by atoms with Gasteiger partial charge < -0.3 is 9.64 Å². The second-order valence-corrected chi connectivity index (χ2v) is 7.65. The Balaban J connectivity index is 1.64. The molecule has 0 saturated carbocycles. The highest BCUT2D eigenvalue weighted by atomic mass is 127. The summed E-state index contributed by atoms with van der Waals surface area (Å²) >= 11 is 2.24. The van der Waals surface area contributed by atoms with E-state index in [-0.39, 0.29) is 23.0 Å². The van der Waals surface area contributed by atoms with Gasteiger partial charge in [0.25, 0.3) is 5.91 Å². The van der Waals surface area contributed by atoms with Gasteiger partial charge in [-0.2, -0.15) is 5.26 Å². The van der Waals surface area contributed by atoms with Crippen LogP contribution in [0.15, 0.2) is 60.7 Å². The van der Waals surface area contributed by atoms with Crippen LogP contribution in [0.5, 0.6) is 11.5 Å². The van der Waals surface area contributed by atoms with Gasteiger partial charge in [-0.25, -0.2) is 4.39 Å². The Morgan fingerprint density at radius 2 is 1.86 bits per heavy atom. The van der Waals surface area contributed by atoms with Crippen LogP contribution in [0.4, 0.5) is 4.39 Å². The third-order valence-electron chi connectivity index (χ3n) is 4.56. The molecule has 0 N–H and O–H groups in total. The van der Waals surface area contributed by atoms with E-state index in [1.807, 2.05) is 36.4 Å². The molecule has 4 nitrogen and oxygen atoms in total. The quantitative estimate of drug-likeness (QED) is 0.476. The van der Waals surface area contributed by atoms with Crippen molar-refractivity contribution in [1.82, 2.24) is 4.90 Å². The minimum atomic E-state index is -0.641. The zero-order chi connectivity index (χ0) is 19.7. The molecule has 0 aliphatic carbocycles. The molecule has 3 aromatic carbocycles. The molecule has 1 aliphatic heterocycles. The molecule has 1 heterocycles. The molecule has 1 aliphatic rings. The van der Waals surface area contributed by atoms with Crippen LogP contribution in [-0.2, 0) is 13.1 Å². The summed E-state index contributed by atoms with van der Waals surface area (Å²) in [4.78, 5) is 14.7. The zero-order valence-corrected chi connectivity index (χ0v) is 16.8. The van der Waals surface area contributed by atoms with Crippen molar-refractivity contribution >= 4 is 28.5 Å². The Kier molecular flexibility index (Phi) is 5.01. The Labute approximate surface area is 175 Å². The first-order chi connectivity index (χ1) is 13.6. The minimum absolute atomic E-state index is 0.0822. The molecule has 0 saturated heterocycles. The number of nitrogens with zero attached hydrogens (tertiary/aromatic N) is 2. The molecule has 0 spiro atoms. The topological polar surface area (TPSA) is 53.3 Å². The summed E-state index contributed by atoms with van der Waals surface area (Å²) in [5.74, 6) is -0.715. The van der Waals surface area contributed by atoms with Gasteiger partial charge in [0.05, 0.1) is 11.1 Å². The molecule has 1 amide bonds. The first kappa shape index (κ1) is 18.4. The maximum atomic E-state index is 14.2. The van der Waals surface area contributed by atoms with E-state index < -0.39 is 5.82 Å². The van der Waals surface area contributed by atoms with E-state index in [0.29, 0.717) is 18.7 Å². The number of carbonyl (C=O) groups is 1. The van der Waals surface area contributed by atoms with Gasteiger partial charge in [0, 0.05) is 16.7 Å². The lowest BCUT2D eigenvalue weighted by molar-refractivity contribution is 0.0764. The third-order valence-corrected chi connectivity index (χ3v) is 5.28. The summed E-state index contributed by atoms with van der Waals surface area (Å²) in [6.07, 6.45) is 0. The second kappa shape index (κ2) is 7.60. The van der Waals surface area contributed by atoms with E-state index >= 15 is 0 Å². The Morgan fingerprint density at radius 3 is 2.61 bits per heavy atom. The van der Waals surface area contributed by atoms with Crippen molar-refractivity contribution in [2.24, 2.45) is 0 Å². The number of halogens is 2. The molecule has 0 unspecified atom stereocenters. The monoisotopic (exact) mass is 484 g/mol. The van der Waals surface area contributed by atoms with Crippen LogP contribution < -0.4 is 4.74 Å². The van der Waals surface area contributed by atoms with E-state index in [1.54, 1.807) is 17.0 Å². The van der Waals surface area contributed by atoms with Crippen LogP contribution in [0.3, 0.4) is 0 Å². The van der Waals surface area contributed by atoms with Crippen LogP contribution in [0.25, 0.3) is 0 Å². The first-order valence-electron chi connectivity index (χ1n) is 8.59. The predicted octanol–water partition coefficient (Wildman–Crippen LogP) is 5.25. The van der Waals surface area contributed by atoms with Crippen LogP contribution in [-0.4, -0.2) is 10.8 Å². The predicted molar refractivity (Wildman–Crippen MR) is 110 cm³/mol. The molecule has 6 heteroatoms. The van der Waals surface area contributed by atoms with Crippen molar-refractivity contribution in [3.8, 4) is 17.6 Å². The maximum absolute atomic E-state index is 14.2. The van der Waals surface area contributed by atoms with Gasteiger partial charge in [-0.3, -0.25) is 4.79 Å². The van der Waals surface area contributed by atoms with Gasteiger partial charge >= 0.3 is 0 Å². The Bertz CT molecular complexity index is 1110. The van der Waals surface area contributed by atoms with Crippen molar-refractivity contribution in [2.45, 2.75) is 13.1 Å². The van der Waals surface area contributed by atoms with Crippen LogP contribution in [0, 0.1) is 20.7 Å². The number of fused-ring (bicyclic) bond motifs is 1. The smallest absolute Gasteiger partial charge is 0.258 e. The third kappa shape index (κ3) is 3.45. The SMILES string of the molecule is N#Cc1cccc(F)c1Oc1cccc2c1C(=O)N(Cc1ccc(I)cc1)C2. The van der Waals surface area contributed by atoms with Crippen LogP contribution in [0.2, 0.25) is 0 Å². The van der Waals surface area contributed by atoms with Crippen LogP contribution in [0.1, 0.15) is 27.0 Å². The highest BCUT2D eigenvalue weighted by Gasteiger charge is 2.31. The molecule has 0 aromatic heterocycles. The van der Waals surface area contributed by atoms with Crippen LogP contribution >= 0.6 is 22.6 Å². The number of amides is 1. The van der Waals surface area contributed by atoms with Gasteiger partial charge in [0.2, 0.25) is 0 Å². The van der Waals surface area contributed by atoms with Crippen molar-refractivity contribution in [1.29, 1.82) is 5.26 Å². The first-order valence-corrected chi connectivity index (χ1v) is 9.67. The molecule has 4 rings (SSSR count). The maximum Gasteiger partial charge on any atom is 0.258 e. The molecule has 28 heavy (non-hydrogen) atoms. The number of para-hydroxylation sites is 1. The number of benzene rings is 3. The lowest BCUT2D eigenvalue weighted by Crippen LogP contribution is -2.23. The highest BCUT2D eigenvalue weighted by Crippen LogP contribution is 2.36. The summed E-state index contributed by atoms with van der Waals surface area (Å²) in [5, 5.41) is 9.22. The fraction of sp³-hybridized carbons (Fsp3) is 0.0909. The van der Waals surface area contributed by atoms with E-state index in [0.717, 1.165) is 14.7 Å². The molecule has 0 atom stereocenters. The number of carbonyl (C=O) groups excluding carboxylic acids is 1. The van der Waals surface area contributed by atoms with Crippen molar-refractivity contribution < 1.29 is 13.9 Å². The van der Waals surface area contributed by atoms with E-state index in [1.165, 1.54) is 18.2 Å². The number of hydrogen-bond acceptors (Lipinski definition) is 3. The summed E-state index contributed by atoms with van der Waals surface area (Å²) in [5.41, 5.74) is 2.35. The molecule has 0 radical (unpaired) electrons. The summed E-state index contributed by atoms with van der Waals surface area (Å²) in [7, 11) is 0. The van der Waals surface area contributed by atoms with Gasteiger partial charge in [0.1, 0.15) is 11.8 Å². The second-order valence-electron chi connectivity index (χ2n) is 6.41. The number of hydrogen-bond donors (Lipinski definition) is 0. The molecule has 3 aromatic rings. The zero-order valence-electron chi connectivity index (χ0n) is 14.7. The normalized spacial score (nSPS) is 12.6. The number of ether oxygens (including phenoxy) is 1. The van der Waals surface area contributed by atoms with Crippen molar-refractivity contribution in [2.75, 3.05) is 0 Å². The summed E-state index contributed by atoms with van der Waals surface area (Å²) < 4.78 is 21.0. The van der Waals surface area contributed by atoms with Gasteiger partial charge in [0.15, 0.2) is 11.6 Å². The molecule has 0 bridgehead atoms. The number of nitriles is 1. The van der Waals surface area contributed by atoms with E-state index in [9.17, 15) is 14.4 Å². The molecular weight excluding hydrogens is 470 g/mol. The van der Waals surface area contributed by atoms with Gasteiger partial charge in [-0.15, -0.1) is 0 Å². The molecular formula is C22H14FIN2O2. The lowest BCUT2D eigenvalue weighted by Gasteiger charge is -2.16. The van der Waals surface area contributed by atoms with Crippen molar-refractivity contribution in [3.63, 3.8) is 0 Å². The Hall–Kier alpha value is -2.92. The number of rotatable bonds is 4. The fourth-order valence-electron chi connectivity index (χ4n) is 3.22. The average molecular weight is 484 g/mol. The molecule has 138 valence electrons. The van der Waals surface area contributed by atoms with E-state index in [2.05, 4.69) is 22.6 Å². The van der Waals surface area contributed by atoms with Gasteiger partial charge in [-0.05, 0) is 64.0 Å². The minimum Gasteiger partial charge on any atom is -0.452 e. The van der Waals surface area contributed by atoms with Gasteiger partial charge in [-0.1, -0.05) is 30.3 Å². The van der Waals surface area contributed by atoms with Crippen molar-refractivity contribution in [3.05, 3.63) is 92.3 Å². The highest BCUT2D eigenvalue weighted by molar-refractivity contribution is 14.1. The molecule has 0 fully saturated rings. The summed E-state index contributed by atoms with van der Waals surface area (Å²) in [6, 6.07) is 19.3. The lowest BCUT2D eigenvalue weighted by atomic mass is 10.1.